The zero-order valence-corrected chi connectivity index (χ0v) is 28.5. The third kappa shape index (κ3) is 8.69. The van der Waals surface area contributed by atoms with Gasteiger partial charge in [-0.15, -0.1) is 0 Å². The highest BCUT2D eigenvalue weighted by Crippen LogP contribution is 2.29. The molecule has 1 N–H and O–H groups in total. The van der Waals surface area contributed by atoms with E-state index < -0.39 is 28.5 Å². The number of halogens is 2. The summed E-state index contributed by atoms with van der Waals surface area (Å²) in [6.07, 6.45) is 1.44. The van der Waals surface area contributed by atoms with Crippen LogP contribution in [0.5, 0.6) is 0 Å². The molecule has 242 valence electrons. The first-order chi connectivity index (χ1) is 22.0. The number of aryl methyl sites for hydroxylation is 1. The third-order valence-electron chi connectivity index (χ3n) is 7.88. The Bertz CT molecular complexity index is 1740. The molecular formula is C36H39Cl2N3O4S. The number of para-hydroxylation sites is 1. The van der Waals surface area contributed by atoms with Gasteiger partial charge < -0.3 is 10.2 Å². The average molecular weight is 681 g/mol. The van der Waals surface area contributed by atoms with Gasteiger partial charge in [0, 0.05) is 29.1 Å². The standard InChI is InChI=1S/C36H39Cl2N3O4S/c1-4-26(3)39-36(43)34(22-27-14-8-6-9-15-27)40(24-29-20-21-30(37)23-32(29)38)35(42)25-41(33-19-13-12-16-28(33)5-2)46(44,45)31-17-10-7-11-18-31/h6-21,23,26,34H,4-5,22,24-25H2,1-3H3,(H,39,43)/t26-,34+/m0/s1. The van der Waals surface area contributed by atoms with Crippen molar-refractivity contribution in [1.82, 2.24) is 10.2 Å². The van der Waals surface area contributed by atoms with Gasteiger partial charge in [0.1, 0.15) is 12.6 Å². The monoisotopic (exact) mass is 679 g/mol. The summed E-state index contributed by atoms with van der Waals surface area (Å²) in [6.45, 7) is 5.20. The van der Waals surface area contributed by atoms with Crippen LogP contribution in [0.1, 0.15) is 43.9 Å². The summed E-state index contributed by atoms with van der Waals surface area (Å²) >= 11 is 12.8. The Morgan fingerprint density at radius 3 is 2.09 bits per heavy atom. The van der Waals surface area contributed by atoms with Crippen molar-refractivity contribution in [2.45, 2.75) is 63.6 Å². The van der Waals surface area contributed by atoms with Crippen molar-refractivity contribution in [2.24, 2.45) is 0 Å². The van der Waals surface area contributed by atoms with E-state index in [-0.39, 0.29) is 29.8 Å². The van der Waals surface area contributed by atoms with E-state index in [4.69, 9.17) is 23.2 Å². The van der Waals surface area contributed by atoms with Gasteiger partial charge in [0.2, 0.25) is 11.8 Å². The van der Waals surface area contributed by atoms with E-state index >= 15 is 0 Å². The lowest BCUT2D eigenvalue weighted by atomic mass is 10.0. The Labute approximate surface area is 282 Å². The maximum Gasteiger partial charge on any atom is 0.264 e. The van der Waals surface area contributed by atoms with Crippen LogP contribution in [-0.2, 0) is 39.0 Å². The van der Waals surface area contributed by atoms with Gasteiger partial charge >= 0.3 is 0 Å². The van der Waals surface area contributed by atoms with Crippen LogP contribution in [0.15, 0.2) is 108 Å². The van der Waals surface area contributed by atoms with E-state index in [1.54, 1.807) is 48.5 Å². The fraction of sp³-hybridized carbons (Fsp3) is 0.278. The smallest absolute Gasteiger partial charge is 0.264 e. The topological polar surface area (TPSA) is 86.8 Å². The van der Waals surface area contributed by atoms with Crippen LogP contribution in [0.2, 0.25) is 10.0 Å². The van der Waals surface area contributed by atoms with Crippen molar-refractivity contribution in [3.63, 3.8) is 0 Å². The Morgan fingerprint density at radius 1 is 0.826 bits per heavy atom. The van der Waals surface area contributed by atoms with Crippen LogP contribution < -0.4 is 9.62 Å². The number of anilines is 1. The summed E-state index contributed by atoms with van der Waals surface area (Å²) in [5.41, 5.74) is 2.57. The first-order valence-electron chi connectivity index (χ1n) is 15.3. The second kappa shape index (κ2) is 16.1. The Hall–Kier alpha value is -3.85. The lowest BCUT2D eigenvalue weighted by Gasteiger charge is -2.35. The number of benzene rings is 4. The number of rotatable bonds is 14. The molecule has 4 aromatic rings. The number of carbonyl (C=O) groups is 2. The van der Waals surface area contributed by atoms with Crippen molar-refractivity contribution in [2.75, 3.05) is 10.8 Å². The van der Waals surface area contributed by atoms with Crippen LogP contribution in [0.3, 0.4) is 0 Å². The molecule has 0 fully saturated rings. The summed E-state index contributed by atoms with van der Waals surface area (Å²) in [5.74, 6) is -0.903. The number of hydrogen-bond acceptors (Lipinski definition) is 4. The fourth-order valence-corrected chi connectivity index (χ4v) is 7.06. The molecule has 0 aromatic heterocycles. The zero-order valence-electron chi connectivity index (χ0n) is 26.2. The molecule has 2 amide bonds. The molecule has 0 unspecified atom stereocenters. The van der Waals surface area contributed by atoms with Gasteiger partial charge in [-0.1, -0.05) is 110 Å². The molecule has 0 aliphatic rings. The molecule has 0 spiro atoms. The average Bonchev–Trinajstić information content (AvgIpc) is 3.06. The molecule has 4 rings (SSSR count). The van der Waals surface area contributed by atoms with Gasteiger partial charge in [-0.3, -0.25) is 13.9 Å². The minimum absolute atomic E-state index is 0.0467. The van der Waals surface area contributed by atoms with E-state index in [2.05, 4.69) is 5.32 Å². The van der Waals surface area contributed by atoms with Gasteiger partial charge in [0.25, 0.3) is 10.0 Å². The van der Waals surface area contributed by atoms with E-state index in [0.717, 1.165) is 15.4 Å². The highest BCUT2D eigenvalue weighted by atomic mass is 35.5. The molecule has 0 radical (unpaired) electrons. The number of carbonyl (C=O) groups excluding carboxylic acids is 2. The molecule has 0 aliphatic heterocycles. The maximum atomic E-state index is 14.6. The molecule has 0 bridgehead atoms. The predicted octanol–water partition coefficient (Wildman–Crippen LogP) is 7.31. The van der Waals surface area contributed by atoms with Crippen LogP contribution in [-0.4, -0.2) is 43.8 Å². The third-order valence-corrected chi connectivity index (χ3v) is 10.2. The Morgan fingerprint density at radius 2 is 1.46 bits per heavy atom. The largest absolute Gasteiger partial charge is 0.352 e. The maximum absolute atomic E-state index is 14.6. The van der Waals surface area contributed by atoms with Gasteiger partial charge in [0.05, 0.1) is 10.6 Å². The van der Waals surface area contributed by atoms with Crippen LogP contribution in [0.25, 0.3) is 0 Å². The van der Waals surface area contributed by atoms with Gasteiger partial charge in [0.15, 0.2) is 0 Å². The molecule has 10 heteroatoms. The number of amides is 2. The van der Waals surface area contributed by atoms with Gasteiger partial charge in [-0.05, 0) is 66.8 Å². The molecule has 0 saturated heterocycles. The number of nitrogens with zero attached hydrogens (tertiary/aromatic N) is 2. The minimum atomic E-state index is -4.19. The minimum Gasteiger partial charge on any atom is -0.352 e. The van der Waals surface area contributed by atoms with Gasteiger partial charge in [-0.2, -0.15) is 0 Å². The van der Waals surface area contributed by atoms with E-state index in [1.165, 1.54) is 17.0 Å². The molecule has 0 saturated carbocycles. The van der Waals surface area contributed by atoms with Crippen molar-refractivity contribution < 1.29 is 18.0 Å². The molecule has 0 heterocycles. The summed E-state index contributed by atoms with van der Waals surface area (Å²) in [7, 11) is -4.19. The molecule has 4 aromatic carbocycles. The lowest BCUT2D eigenvalue weighted by molar-refractivity contribution is -0.140. The highest BCUT2D eigenvalue weighted by molar-refractivity contribution is 7.92. The molecule has 2 atom stereocenters. The van der Waals surface area contributed by atoms with Crippen molar-refractivity contribution >= 4 is 50.7 Å². The van der Waals surface area contributed by atoms with E-state index in [9.17, 15) is 18.0 Å². The number of hydrogen-bond donors (Lipinski definition) is 1. The second-order valence-corrected chi connectivity index (χ2v) is 13.8. The van der Waals surface area contributed by atoms with E-state index in [1.807, 2.05) is 63.2 Å². The SMILES string of the molecule is CCc1ccccc1N(CC(=O)N(Cc1ccc(Cl)cc1Cl)[C@H](Cc1ccccc1)C(=O)N[C@@H](C)CC)S(=O)(=O)c1ccccc1. The van der Waals surface area contributed by atoms with Crippen LogP contribution in [0.4, 0.5) is 5.69 Å². The van der Waals surface area contributed by atoms with Crippen molar-refractivity contribution in [1.29, 1.82) is 0 Å². The number of sulfonamides is 1. The van der Waals surface area contributed by atoms with Crippen LogP contribution >= 0.6 is 23.2 Å². The molecule has 7 nitrogen and oxygen atoms in total. The highest BCUT2D eigenvalue weighted by Gasteiger charge is 2.35. The Balaban J connectivity index is 1.85. The number of nitrogens with one attached hydrogen (secondary N) is 1. The Kier molecular flexibility index (Phi) is 12.3. The van der Waals surface area contributed by atoms with E-state index in [0.29, 0.717) is 34.1 Å². The summed E-state index contributed by atoms with van der Waals surface area (Å²) in [6, 6.07) is 28.4. The molecule has 46 heavy (non-hydrogen) atoms. The zero-order chi connectivity index (χ0) is 33.3. The summed E-state index contributed by atoms with van der Waals surface area (Å²) < 4.78 is 29.6. The molecule has 0 aliphatic carbocycles. The predicted molar refractivity (Wildman–Crippen MR) is 186 cm³/mol. The summed E-state index contributed by atoms with van der Waals surface area (Å²) in [4.78, 5) is 30.1. The van der Waals surface area contributed by atoms with Gasteiger partial charge in [-0.25, -0.2) is 8.42 Å². The first-order valence-corrected chi connectivity index (χ1v) is 17.5. The van der Waals surface area contributed by atoms with Crippen molar-refractivity contribution in [3.8, 4) is 0 Å². The summed E-state index contributed by atoms with van der Waals surface area (Å²) in [5, 5.41) is 3.79. The lowest BCUT2D eigenvalue weighted by Crippen LogP contribution is -2.54. The van der Waals surface area contributed by atoms with Crippen LogP contribution in [0, 0.1) is 0 Å². The van der Waals surface area contributed by atoms with Crippen molar-refractivity contribution in [3.05, 3.63) is 130 Å². The second-order valence-electron chi connectivity index (χ2n) is 11.1. The first kappa shape index (κ1) is 35.0. The molecular weight excluding hydrogens is 641 g/mol. The fourth-order valence-electron chi connectivity index (χ4n) is 5.11. The normalized spacial score (nSPS) is 12.6. The quantitative estimate of drug-likeness (QED) is 0.151.